The highest BCUT2D eigenvalue weighted by molar-refractivity contribution is 9.10. The van der Waals surface area contributed by atoms with E-state index in [1.165, 1.54) is 4.57 Å². The van der Waals surface area contributed by atoms with E-state index in [9.17, 15) is 9.59 Å². The Kier molecular flexibility index (Phi) is 5.72. The molecule has 8 heteroatoms. The molecule has 2 heterocycles. The van der Waals surface area contributed by atoms with Crippen molar-refractivity contribution in [2.75, 3.05) is 0 Å². The number of imidazole rings is 1. The number of thioether (sulfide) groups is 1. The number of H-pyrrole nitrogens is 1. The number of aryl methyl sites for hydroxylation is 1. The average molecular weight is 437 g/mol. The third-order valence-corrected chi connectivity index (χ3v) is 6.40. The topological polar surface area (TPSA) is 72.7 Å². The maximum absolute atomic E-state index is 12.5. The number of benzene rings is 1. The Morgan fingerprint density at radius 2 is 2.00 bits per heavy atom. The lowest BCUT2D eigenvalue weighted by molar-refractivity contribution is 0.716. The highest BCUT2D eigenvalue weighted by Crippen LogP contribution is 2.29. The van der Waals surface area contributed by atoms with Crippen LogP contribution < -0.4 is 11.2 Å². The molecular weight excluding hydrogens is 416 g/mol. The molecule has 3 rings (SSSR count). The number of nitrogens with one attached hydrogen (secondary N) is 1. The molecule has 0 spiro atoms. The molecule has 1 N–H and O–H groups in total. The van der Waals surface area contributed by atoms with Gasteiger partial charge in [-0.3, -0.25) is 14.3 Å². The Hall–Kier alpha value is -1.80. The summed E-state index contributed by atoms with van der Waals surface area (Å²) < 4.78 is 4.29. The monoisotopic (exact) mass is 436 g/mol. The van der Waals surface area contributed by atoms with E-state index in [4.69, 9.17) is 0 Å². The molecule has 0 saturated carbocycles. The van der Waals surface area contributed by atoms with E-state index in [1.54, 1.807) is 18.8 Å². The molecule has 0 unspecified atom stereocenters. The van der Waals surface area contributed by atoms with Crippen molar-refractivity contribution in [3.8, 4) is 0 Å². The molecule has 26 heavy (non-hydrogen) atoms. The van der Waals surface area contributed by atoms with Crippen LogP contribution in [0.1, 0.15) is 32.3 Å². The van der Waals surface area contributed by atoms with E-state index in [0.29, 0.717) is 23.0 Å². The average Bonchev–Trinajstić information content (AvgIpc) is 2.96. The van der Waals surface area contributed by atoms with E-state index in [1.807, 2.05) is 28.8 Å². The van der Waals surface area contributed by atoms with Crippen LogP contribution in [0.15, 0.2) is 43.5 Å². The third-order valence-electron chi connectivity index (χ3n) is 4.38. The molecule has 2 aromatic heterocycles. The molecular formula is C18H21BrN4O2S. The van der Waals surface area contributed by atoms with E-state index in [0.717, 1.165) is 28.0 Å². The molecule has 0 bridgehead atoms. The molecule has 0 amide bonds. The standard InChI is InChI=1S/C18H21BrN4O2S/c1-4-13(5-2)26-18-20-15-14(16(24)21-17(25)22(15)3)23(18)10-11-7-6-8-12(19)9-11/h6-9,13H,4-5,10H2,1-3H3,(H,21,24,25). The highest BCUT2D eigenvalue weighted by atomic mass is 79.9. The van der Waals surface area contributed by atoms with Crippen LogP contribution >= 0.6 is 27.7 Å². The fourth-order valence-electron chi connectivity index (χ4n) is 2.87. The van der Waals surface area contributed by atoms with Gasteiger partial charge in [-0.1, -0.05) is 53.7 Å². The number of halogens is 1. The Bertz CT molecular complexity index is 1050. The first-order valence-corrected chi connectivity index (χ1v) is 10.2. The van der Waals surface area contributed by atoms with Gasteiger partial charge in [-0.25, -0.2) is 9.78 Å². The van der Waals surface area contributed by atoms with Gasteiger partial charge in [0.25, 0.3) is 5.56 Å². The van der Waals surface area contributed by atoms with Gasteiger partial charge in [0, 0.05) is 16.8 Å². The van der Waals surface area contributed by atoms with E-state index in [2.05, 4.69) is 39.7 Å². The van der Waals surface area contributed by atoms with Gasteiger partial charge in [0.05, 0.1) is 6.54 Å². The van der Waals surface area contributed by atoms with Gasteiger partial charge in [-0.15, -0.1) is 0 Å². The molecule has 0 fully saturated rings. The first kappa shape index (κ1) is 19.0. The van der Waals surface area contributed by atoms with Crippen LogP contribution in [0, 0.1) is 0 Å². The Labute approximate surface area is 163 Å². The molecule has 0 aliphatic carbocycles. The molecule has 0 aliphatic rings. The van der Waals surface area contributed by atoms with Gasteiger partial charge in [-0.05, 0) is 30.5 Å². The van der Waals surface area contributed by atoms with Gasteiger partial charge in [0.1, 0.15) is 0 Å². The number of nitrogens with zero attached hydrogens (tertiary/aromatic N) is 3. The summed E-state index contributed by atoms with van der Waals surface area (Å²) in [7, 11) is 1.63. The summed E-state index contributed by atoms with van der Waals surface area (Å²) in [5.74, 6) is 0. The van der Waals surface area contributed by atoms with E-state index in [-0.39, 0.29) is 0 Å². The Balaban J connectivity index is 2.21. The van der Waals surface area contributed by atoms with Crippen molar-refractivity contribution in [1.82, 2.24) is 19.1 Å². The van der Waals surface area contributed by atoms with E-state index < -0.39 is 11.2 Å². The molecule has 0 atom stereocenters. The van der Waals surface area contributed by atoms with E-state index >= 15 is 0 Å². The number of aromatic amines is 1. The minimum absolute atomic E-state index is 0.401. The second-order valence-electron chi connectivity index (χ2n) is 6.16. The number of hydrogen-bond acceptors (Lipinski definition) is 4. The zero-order valence-electron chi connectivity index (χ0n) is 15.0. The fraction of sp³-hybridized carbons (Fsp3) is 0.389. The van der Waals surface area contributed by atoms with Gasteiger partial charge in [-0.2, -0.15) is 0 Å². The minimum Gasteiger partial charge on any atom is -0.309 e. The van der Waals surface area contributed by atoms with Gasteiger partial charge < -0.3 is 4.57 Å². The summed E-state index contributed by atoms with van der Waals surface area (Å²) in [6.07, 6.45) is 2.02. The number of aromatic nitrogens is 4. The quantitative estimate of drug-likeness (QED) is 0.599. The van der Waals surface area contributed by atoms with Crippen molar-refractivity contribution in [2.24, 2.45) is 7.05 Å². The molecule has 3 aromatic rings. The normalized spacial score (nSPS) is 11.6. The van der Waals surface area contributed by atoms with Crippen molar-refractivity contribution in [3.63, 3.8) is 0 Å². The maximum Gasteiger partial charge on any atom is 0.329 e. The largest absolute Gasteiger partial charge is 0.329 e. The van der Waals surface area contributed by atoms with Gasteiger partial charge in [0.15, 0.2) is 16.3 Å². The third kappa shape index (κ3) is 3.66. The second kappa shape index (κ2) is 7.84. The fourth-order valence-corrected chi connectivity index (χ4v) is 4.37. The number of hydrogen-bond donors (Lipinski definition) is 1. The molecule has 6 nitrogen and oxygen atoms in total. The highest BCUT2D eigenvalue weighted by Gasteiger charge is 2.20. The molecule has 1 aromatic carbocycles. The first-order chi connectivity index (χ1) is 12.4. The minimum atomic E-state index is -0.450. The smallest absolute Gasteiger partial charge is 0.309 e. The molecule has 0 aliphatic heterocycles. The van der Waals surface area contributed by atoms with Crippen LogP contribution in [0.4, 0.5) is 0 Å². The van der Waals surface area contributed by atoms with Crippen LogP contribution in [0.25, 0.3) is 11.2 Å². The predicted octanol–water partition coefficient (Wildman–Crippen LogP) is 3.51. The second-order valence-corrected chi connectivity index (χ2v) is 8.34. The van der Waals surface area contributed by atoms with Crippen molar-refractivity contribution in [3.05, 3.63) is 55.1 Å². The summed E-state index contributed by atoms with van der Waals surface area (Å²) in [6, 6.07) is 7.96. The molecule has 0 radical (unpaired) electrons. The maximum atomic E-state index is 12.5. The summed E-state index contributed by atoms with van der Waals surface area (Å²) in [5.41, 5.74) is 1.05. The lowest BCUT2D eigenvalue weighted by atomic mass is 10.2. The van der Waals surface area contributed by atoms with Crippen molar-refractivity contribution < 1.29 is 0 Å². The first-order valence-electron chi connectivity index (χ1n) is 8.55. The Morgan fingerprint density at radius 3 is 2.65 bits per heavy atom. The van der Waals surface area contributed by atoms with Crippen LogP contribution in [-0.2, 0) is 13.6 Å². The predicted molar refractivity (Wildman–Crippen MR) is 109 cm³/mol. The van der Waals surface area contributed by atoms with Gasteiger partial charge in [0.2, 0.25) is 0 Å². The zero-order valence-corrected chi connectivity index (χ0v) is 17.4. The summed E-state index contributed by atoms with van der Waals surface area (Å²) in [4.78, 5) is 31.5. The van der Waals surface area contributed by atoms with Crippen LogP contribution in [0.5, 0.6) is 0 Å². The van der Waals surface area contributed by atoms with Crippen molar-refractivity contribution >= 4 is 38.9 Å². The molecule has 0 saturated heterocycles. The summed E-state index contributed by atoms with van der Waals surface area (Å²) in [6.45, 7) is 4.80. The summed E-state index contributed by atoms with van der Waals surface area (Å²) in [5, 5.41) is 1.17. The lowest BCUT2D eigenvalue weighted by Crippen LogP contribution is -2.29. The molecule has 138 valence electrons. The number of fused-ring (bicyclic) bond motifs is 1. The number of rotatable bonds is 6. The van der Waals surface area contributed by atoms with Crippen LogP contribution in [0.3, 0.4) is 0 Å². The zero-order chi connectivity index (χ0) is 18.8. The van der Waals surface area contributed by atoms with Crippen LogP contribution in [0.2, 0.25) is 0 Å². The van der Waals surface area contributed by atoms with Gasteiger partial charge >= 0.3 is 5.69 Å². The summed E-state index contributed by atoms with van der Waals surface area (Å²) >= 11 is 5.15. The van der Waals surface area contributed by atoms with Crippen molar-refractivity contribution in [1.29, 1.82) is 0 Å². The lowest BCUT2D eigenvalue weighted by Gasteiger charge is -2.13. The van der Waals surface area contributed by atoms with Crippen molar-refractivity contribution in [2.45, 2.75) is 43.6 Å². The SMILES string of the molecule is CCC(CC)Sc1nc2c(c(=O)[nH]c(=O)n2C)n1Cc1cccc(Br)c1. The van der Waals surface area contributed by atoms with Crippen LogP contribution in [-0.4, -0.2) is 24.4 Å². The Morgan fingerprint density at radius 1 is 1.27 bits per heavy atom.